The van der Waals surface area contributed by atoms with E-state index in [1.807, 2.05) is 78.2 Å². The van der Waals surface area contributed by atoms with Gasteiger partial charge in [-0.05, 0) is 41.5 Å². The van der Waals surface area contributed by atoms with Crippen molar-refractivity contribution in [3.05, 3.63) is 89.3 Å². The number of urea groups is 1. The maximum atomic E-state index is 13.1. The number of anilines is 1. The monoisotopic (exact) mass is 419 g/mol. The SMILES string of the molecule is O=C(NC(c1ccccc1)c1ccccc1)C1CCN(C(=O)Nc2cccs2)CC1. The Morgan fingerprint density at radius 1 is 0.867 bits per heavy atom. The smallest absolute Gasteiger partial charge is 0.322 e. The van der Waals surface area contributed by atoms with Gasteiger partial charge in [0.05, 0.1) is 11.0 Å². The van der Waals surface area contributed by atoms with Crippen molar-refractivity contribution in [3.8, 4) is 0 Å². The fourth-order valence-electron chi connectivity index (χ4n) is 3.79. The second-order valence-corrected chi connectivity index (χ2v) is 8.38. The molecular weight excluding hydrogens is 394 g/mol. The van der Waals surface area contributed by atoms with E-state index >= 15 is 0 Å². The predicted octanol–water partition coefficient (Wildman–Crippen LogP) is 4.90. The largest absolute Gasteiger partial charge is 0.345 e. The third-order valence-electron chi connectivity index (χ3n) is 5.46. The molecule has 3 aromatic rings. The number of nitrogens with zero attached hydrogens (tertiary/aromatic N) is 1. The molecule has 0 unspecified atom stereocenters. The van der Waals surface area contributed by atoms with Crippen LogP contribution in [-0.4, -0.2) is 29.9 Å². The molecule has 1 aliphatic rings. The lowest BCUT2D eigenvalue weighted by Gasteiger charge is -2.32. The highest BCUT2D eigenvalue weighted by Crippen LogP contribution is 2.25. The molecule has 1 fully saturated rings. The molecule has 2 aromatic carbocycles. The van der Waals surface area contributed by atoms with Crippen LogP contribution in [0.4, 0.5) is 9.80 Å². The quantitative estimate of drug-likeness (QED) is 0.618. The molecule has 0 aliphatic carbocycles. The van der Waals surface area contributed by atoms with Crippen molar-refractivity contribution in [2.75, 3.05) is 18.4 Å². The molecule has 0 spiro atoms. The highest BCUT2D eigenvalue weighted by Gasteiger charge is 2.29. The minimum Gasteiger partial charge on any atom is -0.345 e. The van der Waals surface area contributed by atoms with E-state index in [0.29, 0.717) is 25.9 Å². The maximum absolute atomic E-state index is 13.1. The predicted molar refractivity (Wildman–Crippen MR) is 121 cm³/mol. The molecule has 6 heteroatoms. The molecule has 0 radical (unpaired) electrons. The first-order valence-corrected chi connectivity index (χ1v) is 11.1. The summed E-state index contributed by atoms with van der Waals surface area (Å²) in [6.07, 6.45) is 1.33. The van der Waals surface area contributed by atoms with Crippen molar-refractivity contribution in [1.82, 2.24) is 10.2 Å². The Hall–Kier alpha value is -3.12. The van der Waals surface area contributed by atoms with Gasteiger partial charge in [-0.15, -0.1) is 11.3 Å². The third-order valence-corrected chi connectivity index (χ3v) is 6.24. The molecule has 1 saturated heterocycles. The minimum atomic E-state index is -0.181. The summed E-state index contributed by atoms with van der Waals surface area (Å²) in [5.41, 5.74) is 2.12. The van der Waals surface area contributed by atoms with Crippen molar-refractivity contribution in [2.45, 2.75) is 18.9 Å². The summed E-state index contributed by atoms with van der Waals surface area (Å²) in [6.45, 7) is 1.16. The summed E-state index contributed by atoms with van der Waals surface area (Å²) in [6, 6.07) is 23.6. The number of benzene rings is 2. The van der Waals surface area contributed by atoms with Crippen LogP contribution in [0.15, 0.2) is 78.2 Å². The number of thiophene rings is 1. The number of likely N-dealkylation sites (tertiary alicyclic amines) is 1. The Balaban J connectivity index is 1.37. The van der Waals surface area contributed by atoms with E-state index in [4.69, 9.17) is 0 Å². The lowest BCUT2D eigenvalue weighted by atomic mass is 9.93. The molecule has 0 saturated carbocycles. The Morgan fingerprint density at radius 2 is 1.47 bits per heavy atom. The van der Waals surface area contributed by atoms with Crippen LogP contribution >= 0.6 is 11.3 Å². The minimum absolute atomic E-state index is 0.0472. The fraction of sp³-hybridized carbons (Fsp3) is 0.250. The first-order chi connectivity index (χ1) is 14.7. The van der Waals surface area contributed by atoms with Crippen LogP contribution in [0.5, 0.6) is 0 Å². The van der Waals surface area contributed by atoms with Gasteiger partial charge >= 0.3 is 6.03 Å². The van der Waals surface area contributed by atoms with Gasteiger partial charge in [-0.3, -0.25) is 10.1 Å². The number of nitrogens with one attached hydrogen (secondary N) is 2. The number of carbonyl (C=O) groups excluding carboxylic acids is 2. The van der Waals surface area contributed by atoms with Gasteiger partial charge in [0, 0.05) is 19.0 Å². The van der Waals surface area contributed by atoms with Crippen molar-refractivity contribution in [1.29, 1.82) is 0 Å². The molecule has 0 bridgehead atoms. The first kappa shape index (κ1) is 20.2. The summed E-state index contributed by atoms with van der Waals surface area (Å²) in [5, 5.41) is 8.93. The van der Waals surface area contributed by atoms with Gasteiger partial charge in [0.15, 0.2) is 0 Å². The van der Waals surface area contributed by atoms with Gasteiger partial charge in [-0.1, -0.05) is 60.7 Å². The van der Waals surface area contributed by atoms with Gasteiger partial charge < -0.3 is 10.2 Å². The van der Waals surface area contributed by atoms with Crippen molar-refractivity contribution < 1.29 is 9.59 Å². The van der Waals surface area contributed by atoms with Gasteiger partial charge in [0.2, 0.25) is 5.91 Å². The molecule has 3 amide bonds. The average molecular weight is 420 g/mol. The van der Waals surface area contributed by atoms with E-state index < -0.39 is 0 Å². The third kappa shape index (κ3) is 4.89. The Morgan fingerprint density at radius 3 is 2.00 bits per heavy atom. The van der Waals surface area contributed by atoms with E-state index in [0.717, 1.165) is 16.1 Å². The molecule has 5 nitrogen and oxygen atoms in total. The van der Waals surface area contributed by atoms with Gasteiger partial charge in [-0.2, -0.15) is 0 Å². The average Bonchev–Trinajstić information content (AvgIpc) is 3.31. The highest BCUT2D eigenvalue weighted by atomic mass is 32.1. The molecule has 30 heavy (non-hydrogen) atoms. The Bertz CT molecular complexity index is 913. The zero-order chi connectivity index (χ0) is 20.8. The Kier molecular flexibility index (Phi) is 6.44. The summed E-state index contributed by atoms with van der Waals surface area (Å²) in [7, 11) is 0. The topological polar surface area (TPSA) is 61.4 Å². The van der Waals surface area contributed by atoms with E-state index in [2.05, 4.69) is 10.6 Å². The zero-order valence-corrected chi connectivity index (χ0v) is 17.5. The van der Waals surface area contributed by atoms with Gasteiger partial charge in [-0.25, -0.2) is 4.79 Å². The number of amides is 3. The van der Waals surface area contributed by atoms with Crippen LogP contribution in [0.25, 0.3) is 0 Å². The lowest BCUT2D eigenvalue weighted by Crippen LogP contribution is -2.45. The first-order valence-electron chi connectivity index (χ1n) is 10.2. The summed E-state index contributed by atoms with van der Waals surface area (Å²) >= 11 is 1.50. The molecule has 1 aliphatic heterocycles. The summed E-state index contributed by atoms with van der Waals surface area (Å²) < 4.78 is 0. The van der Waals surface area contributed by atoms with E-state index in [1.54, 1.807) is 4.90 Å². The normalized spacial score (nSPS) is 14.5. The maximum Gasteiger partial charge on any atom is 0.322 e. The molecule has 154 valence electrons. The lowest BCUT2D eigenvalue weighted by molar-refractivity contribution is -0.126. The van der Waals surface area contributed by atoms with Crippen LogP contribution in [0.3, 0.4) is 0 Å². The summed E-state index contributed by atoms with van der Waals surface area (Å²) in [4.78, 5) is 27.3. The fourth-order valence-corrected chi connectivity index (χ4v) is 4.40. The molecule has 1 aromatic heterocycles. The molecule has 2 heterocycles. The van der Waals surface area contributed by atoms with E-state index in [9.17, 15) is 9.59 Å². The van der Waals surface area contributed by atoms with Gasteiger partial charge in [0.1, 0.15) is 0 Å². The molecule has 2 N–H and O–H groups in total. The van der Waals surface area contributed by atoms with Gasteiger partial charge in [0.25, 0.3) is 0 Å². The Labute approximate surface area is 180 Å². The number of hydrogen-bond acceptors (Lipinski definition) is 3. The van der Waals surface area contributed by atoms with Crippen LogP contribution in [0.2, 0.25) is 0 Å². The van der Waals surface area contributed by atoms with Crippen molar-refractivity contribution in [2.24, 2.45) is 5.92 Å². The van der Waals surface area contributed by atoms with E-state index in [-0.39, 0.29) is 23.9 Å². The summed E-state index contributed by atoms with van der Waals surface area (Å²) in [5.74, 6) is -0.0447. The zero-order valence-electron chi connectivity index (χ0n) is 16.7. The van der Waals surface area contributed by atoms with Crippen LogP contribution < -0.4 is 10.6 Å². The van der Waals surface area contributed by atoms with Crippen LogP contribution in [0.1, 0.15) is 30.0 Å². The highest BCUT2D eigenvalue weighted by molar-refractivity contribution is 7.14. The number of rotatable bonds is 5. The standard InChI is InChI=1S/C24H25N3O2S/c28-23(20-13-15-27(16-14-20)24(29)25-21-12-7-17-30-21)26-22(18-8-3-1-4-9-18)19-10-5-2-6-11-19/h1-12,17,20,22H,13-16H2,(H,25,29)(H,26,28). The number of carbonyl (C=O) groups is 2. The number of hydrogen-bond donors (Lipinski definition) is 2. The second-order valence-electron chi connectivity index (χ2n) is 7.43. The van der Waals surface area contributed by atoms with Crippen molar-refractivity contribution >= 4 is 28.3 Å². The van der Waals surface area contributed by atoms with Crippen LogP contribution in [0, 0.1) is 5.92 Å². The van der Waals surface area contributed by atoms with Crippen molar-refractivity contribution in [3.63, 3.8) is 0 Å². The molecular formula is C24H25N3O2S. The second kappa shape index (κ2) is 9.59. The molecule has 0 atom stereocenters. The van der Waals surface area contributed by atoms with Crippen LogP contribution in [-0.2, 0) is 4.79 Å². The van der Waals surface area contributed by atoms with E-state index in [1.165, 1.54) is 11.3 Å². The molecule has 4 rings (SSSR count). The number of piperidine rings is 1.